The van der Waals surface area contributed by atoms with Crippen LogP contribution in [0.15, 0.2) is 24.3 Å². The van der Waals surface area contributed by atoms with Gasteiger partial charge in [-0.1, -0.05) is 32.4 Å². The van der Waals surface area contributed by atoms with Crippen molar-refractivity contribution in [3.05, 3.63) is 35.6 Å². The number of hydrogen-bond acceptors (Lipinski definition) is 4. The van der Waals surface area contributed by atoms with E-state index in [1.807, 2.05) is 12.1 Å². The van der Waals surface area contributed by atoms with E-state index in [0.29, 0.717) is 12.5 Å². The standard InChI is InChI=1S/C23H30FNO3/c1-14-4-3-10-22(2)12-18-19(20-23(14,22)28-20)17(21(26)27-18)13-25-11-9-15-5-7-16(24)8-6-15/h5-8,14,17-20,25H,3-4,9-13H2,1-2H3/t14-,17+,18+,19+,20+,22+,23-/m0/s1. The molecule has 0 aromatic heterocycles. The summed E-state index contributed by atoms with van der Waals surface area (Å²) in [6, 6.07) is 6.60. The minimum atomic E-state index is -0.212. The van der Waals surface area contributed by atoms with Crippen LogP contribution in [-0.4, -0.2) is 36.9 Å². The fraction of sp³-hybridized carbons (Fsp3) is 0.696. The Labute approximate surface area is 166 Å². The maximum atomic E-state index is 13.0. The molecule has 1 aromatic carbocycles. The Bertz CT molecular complexity index is 768. The summed E-state index contributed by atoms with van der Waals surface area (Å²) in [6.07, 6.45) is 5.57. The van der Waals surface area contributed by atoms with E-state index >= 15 is 0 Å². The second kappa shape index (κ2) is 6.53. The number of hydrogen-bond donors (Lipinski definition) is 1. The molecule has 0 bridgehead atoms. The first-order chi connectivity index (χ1) is 13.4. The number of nitrogens with one attached hydrogen (secondary N) is 1. The molecule has 0 amide bonds. The molecule has 4 nitrogen and oxygen atoms in total. The summed E-state index contributed by atoms with van der Waals surface area (Å²) < 4.78 is 25.3. The largest absolute Gasteiger partial charge is 0.462 e. The summed E-state index contributed by atoms with van der Waals surface area (Å²) >= 11 is 0. The van der Waals surface area contributed by atoms with Crippen molar-refractivity contribution in [3.8, 4) is 0 Å². The van der Waals surface area contributed by atoms with Crippen LogP contribution in [-0.2, 0) is 20.7 Å². The van der Waals surface area contributed by atoms with Gasteiger partial charge in [-0.15, -0.1) is 0 Å². The zero-order valence-electron chi connectivity index (χ0n) is 16.7. The van der Waals surface area contributed by atoms with E-state index in [4.69, 9.17) is 9.47 Å². The van der Waals surface area contributed by atoms with Crippen LogP contribution in [0.3, 0.4) is 0 Å². The van der Waals surface area contributed by atoms with Crippen molar-refractivity contribution in [2.45, 2.75) is 63.8 Å². The van der Waals surface area contributed by atoms with Gasteiger partial charge in [0.15, 0.2) is 0 Å². The van der Waals surface area contributed by atoms with Crippen LogP contribution in [0, 0.1) is 29.0 Å². The van der Waals surface area contributed by atoms with Gasteiger partial charge < -0.3 is 14.8 Å². The van der Waals surface area contributed by atoms with Crippen molar-refractivity contribution < 1.29 is 18.7 Å². The van der Waals surface area contributed by atoms with Gasteiger partial charge >= 0.3 is 5.97 Å². The second-order valence-electron chi connectivity index (χ2n) is 9.63. The van der Waals surface area contributed by atoms with Crippen molar-refractivity contribution in [3.63, 3.8) is 0 Å². The maximum Gasteiger partial charge on any atom is 0.311 e. The smallest absolute Gasteiger partial charge is 0.311 e. The molecule has 0 unspecified atom stereocenters. The number of halogens is 1. The molecule has 1 N–H and O–H groups in total. The molecule has 28 heavy (non-hydrogen) atoms. The van der Waals surface area contributed by atoms with E-state index < -0.39 is 0 Å². The molecule has 5 heteroatoms. The molecule has 2 aliphatic carbocycles. The number of fused-ring (bicyclic) bond motifs is 2. The summed E-state index contributed by atoms with van der Waals surface area (Å²) in [7, 11) is 0. The predicted molar refractivity (Wildman–Crippen MR) is 103 cm³/mol. The van der Waals surface area contributed by atoms with E-state index in [2.05, 4.69) is 19.2 Å². The number of carbonyl (C=O) groups is 1. The van der Waals surface area contributed by atoms with Gasteiger partial charge in [0.25, 0.3) is 0 Å². The van der Waals surface area contributed by atoms with Crippen LogP contribution >= 0.6 is 0 Å². The Morgan fingerprint density at radius 3 is 2.86 bits per heavy atom. The average molecular weight is 387 g/mol. The van der Waals surface area contributed by atoms with E-state index in [1.54, 1.807) is 0 Å². The summed E-state index contributed by atoms with van der Waals surface area (Å²) in [5, 5.41) is 3.43. The minimum absolute atomic E-state index is 0.00678. The molecule has 1 aromatic rings. The number of esters is 1. The van der Waals surface area contributed by atoms with Crippen LogP contribution in [0.1, 0.15) is 45.1 Å². The van der Waals surface area contributed by atoms with Crippen molar-refractivity contribution in [1.82, 2.24) is 5.32 Å². The van der Waals surface area contributed by atoms with E-state index in [0.717, 1.165) is 24.9 Å². The molecule has 2 heterocycles. The average Bonchev–Trinajstić information content (AvgIpc) is 3.34. The second-order valence-corrected chi connectivity index (χ2v) is 9.63. The van der Waals surface area contributed by atoms with E-state index in [-0.39, 0.29) is 46.8 Å². The quantitative estimate of drug-likeness (QED) is 0.477. The third-order valence-corrected chi connectivity index (χ3v) is 8.06. The Morgan fingerprint density at radius 2 is 2.07 bits per heavy atom. The first-order valence-corrected chi connectivity index (χ1v) is 10.8. The first kappa shape index (κ1) is 18.6. The van der Waals surface area contributed by atoms with E-state index in [1.165, 1.54) is 31.4 Å². The third-order valence-electron chi connectivity index (χ3n) is 8.06. The van der Waals surface area contributed by atoms with Gasteiger partial charge in [-0.2, -0.15) is 0 Å². The molecule has 2 saturated carbocycles. The fourth-order valence-electron chi connectivity index (χ4n) is 6.61. The normalized spacial score (nSPS) is 43.7. The molecule has 0 radical (unpaired) electrons. The highest BCUT2D eigenvalue weighted by atomic mass is 19.1. The number of benzene rings is 1. The van der Waals surface area contributed by atoms with E-state index in [9.17, 15) is 9.18 Å². The Morgan fingerprint density at radius 1 is 1.29 bits per heavy atom. The topological polar surface area (TPSA) is 50.9 Å². The number of rotatable bonds is 5. The van der Waals surface area contributed by atoms with Crippen LogP contribution < -0.4 is 5.32 Å². The lowest BCUT2D eigenvalue weighted by Gasteiger charge is -2.48. The van der Waals surface area contributed by atoms with Gasteiger partial charge in [-0.05, 0) is 55.8 Å². The minimum Gasteiger partial charge on any atom is -0.462 e. The molecule has 4 aliphatic rings. The van der Waals surface area contributed by atoms with Crippen LogP contribution in [0.25, 0.3) is 0 Å². The highest BCUT2D eigenvalue weighted by molar-refractivity contribution is 5.76. The Kier molecular flexibility index (Phi) is 4.33. The fourth-order valence-corrected chi connectivity index (χ4v) is 6.61. The van der Waals surface area contributed by atoms with Crippen molar-refractivity contribution in [1.29, 1.82) is 0 Å². The number of ether oxygens (including phenoxy) is 2. The Balaban J connectivity index is 1.23. The number of epoxide rings is 1. The van der Waals surface area contributed by atoms with Crippen LogP contribution in [0.5, 0.6) is 0 Å². The lowest BCUT2D eigenvalue weighted by molar-refractivity contribution is -0.146. The predicted octanol–water partition coefficient (Wildman–Crippen LogP) is 3.48. The third kappa shape index (κ3) is 2.66. The molecule has 152 valence electrons. The van der Waals surface area contributed by atoms with Gasteiger partial charge in [0.2, 0.25) is 0 Å². The summed E-state index contributed by atoms with van der Waals surface area (Å²) in [5.74, 6) is 0.335. The summed E-state index contributed by atoms with van der Waals surface area (Å²) in [4.78, 5) is 12.6. The molecule has 2 aliphatic heterocycles. The van der Waals surface area contributed by atoms with Gasteiger partial charge in [0, 0.05) is 17.9 Å². The van der Waals surface area contributed by atoms with Crippen LogP contribution in [0.2, 0.25) is 0 Å². The molecule has 5 rings (SSSR count). The van der Waals surface area contributed by atoms with Gasteiger partial charge in [0.1, 0.15) is 17.5 Å². The van der Waals surface area contributed by atoms with Crippen molar-refractivity contribution >= 4 is 5.97 Å². The molecule has 1 spiro atoms. The monoisotopic (exact) mass is 387 g/mol. The molecule has 2 saturated heterocycles. The zero-order chi connectivity index (χ0) is 19.5. The first-order valence-electron chi connectivity index (χ1n) is 10.8. The molecular formula is C23H30FNO3. The highest BCUT2D eigenvalue weighted by Gasteiger charge is 2.78. The van der Waals surface area contributed by atoms with Gasteiger partial charge in [0.05, 0.1) is 12.0 Å². The van der Waals surface area contributed by atoms with Gasteiger partial charge in [-0.3, -0.25) is 4.79 Å². The van der Waals surface area contributed by atoms with Crippen molar-refractivity contribution in [2.75, 3.05) is 13.1 Å². The van der Waals surface area contributed by atoms with Crippen LogP contribution in [0.4, 0.5) is 4.39 Å². The highest BCUT2D eigenvalue weighted by Crippen LogP contribution is 2.70. The van der Waals surface area contributed by atoms with Crippen molar-refractivity contribution in [2.24, 2.45) is 23.2 Å². The Hall–Kier alpha value is -1.46. The molecule has 4 fully saturated rings. The summed E-state index contributed by atoms with van der Waals surface area (Å²) in [5.41, 5.74) is 1.20. The maximum absolute atomic E-state index is 13.0. The number of carbonyl (C=O) groups excluding carboxylic acids is 1. The zero-order valence-corrected chi connectivity index (χ0v) is 16.7. The SMILES string of the molecule is C[C@H]1CCC[C@]2(C)C[C@H]3OC(=O)[C@H](CNCCc4ccc(F)cc4)[C@H]3[C@H]3O[C@]312. The lowest BCUT2D eigenvalue weighted by Crippen LogP contribution is -2.54. The molecular weight excluding hydrogens is 357 g/mol. The summed E-state index contributed by atoms with van der Waals surface area (Å²) in [6.45, 7) is 6.06. The lowest BCUT2D eigenvalue weighted by atomic mass is 9.53. The van der Waals surface area contributed by atoms with Gasteiger partial charge in [-0.25, -0.2) is 4.39 Å². The molecule has 7 atom stereocenters.